The number of benzene rings is 3. The number of fused-ring (bicyclic) bond motifs is 1. The van der Waals surface area contributed by atoms with Crippen molar-refractivity contribution in [3.8, 4) is 11.1 Å². The highest BCUT2D eigenvalue weighted by molar-refractivity contribution is 5.94. The molecule has 3 N–H and O–H groups in total. The van der Waals surface area contributed by atoms with Crippen LogP contribution in [0.2, 0.25) is 0 Å². The van der Waals surface area contributed by atoms with E-state index in [1.165, 1.54) is 22.9 Å². The zero-order chi connectivity index (χ0) is 32.4. The standard InChI is InChI=1S/C35H30F3N5O3/c36-23-15-21(16-24(37)19-23)17-29(33-26(9-6-14-40-33)22-12-13-28(38)27(18-22)34(39)45)41-32(44)20-42-30-10-4-5-11-31(30)43(35(42)46)25-7-2-1-3-8-25/h4-7,9-16,18-19,29H,1-3,8,17,20H2,(H2,39,45)(H,41,44)/t29-/m0/s1. The largest absolute Gasteiger partial charge is 0.366 e. The summed E-state index contributed by atoms with van der Waals surface area (Å²) in [4.78, 5) is 43.9. The number of amides is 2. The highest BCUT2D eigenvalue weighted by Crippen LogP contribution is 2.31. The molecular weight excluding hydrogens is 595 g/mol. The van der Waals surface area contributed by atoms with Gasteiger partial charge in [0.2, 0.25) is 5.91 Å². The summed E-state index contributed by atoms with van der Waals surface area (Å²) >= 11 is 0. The summed E-state index contributed by atoms with van der Waals surface area (Å²) in [7, 11) is 0. The van der Waals surface area contributed by atoms with Gasteiger partial charge in [-0.05, 0) is 85.7 Å². The van der Waals surface area contributed by atoms with E-state index in [0.29, 0.717) is 27.9 Å². The molecular formula is C35H30F3N5O3. The molecule has 2 amide bonds. The summed E-state index contributed by atoms with van der Waals surface area (Å²) in [5.74, 6) is -3.88. The number of nitrogens with zero attached hydrogens (tertiary/aromatic N) is 3. The van der Waals surface area contributed by atoms with Crippen molar-refractivity contribution in [3.05, 3.63) is 130 Å². The molecule has 0 spiro atoms. The van der Waals surface area contributed by atoms with Gasteiger partial charge < -0.3 is 11.1 Å². The fraction of sp³-hybridized carbons (Fsp3) is 0.200. The third-order valence-corrected chi connectivity index (χ3v) is 8.10. The lowest BCUT2D eigenvalue weighted by Gasteiger charge is -2.22. The average molecular weight is 626 g/mol. The molecule has 2 heterocycles. The number of rotatable bonds is 9. The summed E-state index contributed by atoms with van der Waals surface area (Å²) < 4.78 is 45.8. The van der Waals surface area contributed by atoms with Crippen LogP contribution >= 0.6 is 0 Å². The summed E-state index contributed by atoms with van der Waals surface area (Å²) in [5.41, 5.74) is 8.23. The van der Waals surface area contributed by atoms with E-state index in [0.717, 1.165) is 55.6 Å². The number of nitrogens with one attached hydrogen (secondary N) is 1. The number of hydrogen-bond donors (Lipinski definition) is 2. The van der Waals surface area contributed by atoms with E-state index in [-0.39, 0.29) is 29.8 Å². The predicted molar refractivity (Wildman–Crippen MR) is 168 cm³/mol. The molecule has 0 saturated heterocycles. The maximum Gasteiger partial charge on any atom is 0.333 e. The molecule has 8 nitrogen and oxygen atoms in total. The molecule has 0 fully saturated rings. The number of para-hydroxylation sites is 2. The van der Waals surface area contributed by atoms with Crippen molar-refractivity contribution in [2.45, 2.75) is 44.7 Å². The maximum absolute atomic E-state index is 14.3. The molecule has 0 saturated carbocycles. The lowest BCUT2D eigenvalue weighted by molar-refractivity contribution is -0.122. The van der Waals surface area contributed by atoms with Crippen LogP contribution < -0.4 is 16.7 Å². The van der Waals surface area contributed by atoms with Crippen LogP contribution in [0.15, 0.2) is 89.9 Å². The van der Waals surface area contributed by atoms with Gasteiger partial charge in [-0.1, -0.05) is 30.3 Å². The number of carbonyl (C=O) groups excluding carboxylic acids is 2. The Hall–Kier alpha value is -5.45. The molecule has 3 aromatic carbocycles. The number of halogens is 3. The van der Waals surface area contributed by atoms with Gasteiger partial charge in [-0.3, -0.25) is 23.7 Å². The molecule has 0 aliphatic heterocycles. The van der Waals surface area contributed by atoms with Crippen LogP contribution in [0.25, 0.3) is 27.9 Å². The summed E-state index contributed by atoms with van der Waals surface area (Å²) in [6.07, 6.45) is 7.09. The van der Waals surface area contributed by atoms with Gasteiger partial charge in [-0.2, -0.15) is 0 Å². The Labute approximate surface area is 262 Å². The first kappa shape index (κ1) is 30.6. The molecule has 2 aromatic heterocycles. The highest BCUT2D eigenvalue weighted by atomic mass is 19.1. The van der Waals surface area contributed by atoms with Crippen LogP contribution in [0.3, 0.4) is 0 Å². The first-order valence-electron chi connectivity index (χ1n) is 14.9. The smallest absolute Gasteiger partial charge is 0.333 e. The van der Waals surface area contributed by atoms with Crippen LogP contribution in [0.4, 0.5) is 13.2 Å². The topological polar surface area (TPSA) is 112 Å². The van der Waals surface area contributed by atoms with Crippen LogP contribution in [0.5, 0.6) is 0 Å². The average Bonchev–Trinajstić information content (AvgIpc) is 3.31. The number of pyridine rings is 1. The van der Waals surface area contributed by atoms with Gasteiger partial charge in [0.05, 0.1) is 28.3 Å². The Morgan fingerprint density at radius 3 is 2.41 bits per heavy atom. The number of nitrogens with two attached hydrogens (primary N) is 1. The maximum atomic E-state index is 14.3. The van der Waals surface area contributed by atoms with E-state index >= 15 is 0 Å². The fourth-order valence-electron chi connectivity index (χ4n) is 6.05. The molecule has 5 aromatic rings. The molecule has 1 atom stereocenters. The van der Waals surface area contributed by atoms with Crippen LogP contribution in [0.1, 0.15) is 53.3 Å². The number of carbonyl (C=O) groups is 2. The molecule has 0 bridgehead atoms. The van der Waals surface area contributed by atoms with Crippen LogP contribution in [-0.2, 0) is 17.8 Å². The number of primary amides is 1. The van der Waals surface area contributed by atoms with Gasteiger partial charge in [0.15, 0.2) is 0 Å². The summed E-state index contributed by atoms with van der Waals surface area (Å²) in [6.45, 7) is -0.335. The molecule has 234 valence electrons. The van der Waals surface area contributed by atoms with Crippen molar-refractivity contribution >= 4 is 28.5 Å². The molecule has 6 rings (SSSR count). The molecule has 1 aliphatic rings. The minimum atomic E-state index is -0.960. The van der Waals surface area contributed by atoms with Crippen molar-refractivity contribution in [3.63, 3.8) is 0 Å². The van der Waals surface area contributed by atoms with E-state index < -0.39 is 35.3 Å². The monoisotopic (exact) mass is 625 g/mol. The Morgan fingerprint density at radius 1 is 0.935 bits per heavy atom. The molecule has 0 radical (unpaired) electrons. The van der Waals surface area contributed by atoms with Gasteiger partial charge in [0.25, 0.3) is 5.91 Å². The Bertz CT molecular complexity index is 2050. The zero-order valence-corrected chi connectivity index (χ0v) is 24.7. The highest BCUT2D eigenvalue weighted by Gasteiger charge is 2.24. The second-order valence-electron chi connectivity index (χ2n) is 11.2. The van der Waals surface area contributed by atoms with Gasteiger partial charge in [-0.15, -0.1) is 0 Å². The van der Waals surface area contributed by atoms with E-state index in [1.54, 1.807) is 28.8 Å². The predicted octanol–water partition coefficient (Wildman–Crippen LogP) is 5.90. The number of imidazole rings is 1. The third-order valence-electron chi connectivity index (χ3n) is 8.10. The van der Waals surface area contributed by atoms with Crippen LogP contribution in [0, 0.1) is 17.5 Å². The summed E-state index contributed by atoms with van der Waals surface area (Å²) in [6, 6.07) is 16.5. The van der Waals surface area contributed by atoms with Gasteiger partial charge >= 0.3 is 5.69 Å². The van der Waals surface area contributed by atoms with Gasteiger partial charge in [0, 0.05) is 23.5 Å². The first-order chi connectivity index (χ1) is 22.2. The van der Waals surface area contributed by atoms with E-state index in [2.05, 4.69) is 16.4 Å². The second-order valence-corrected chi connectivity index (χ2v) is 11.2. The zero-order valence-electron chi connectivity index (χ0n) is 24.7. The minimum absolute atomic E-state index is 0.0716. The molecule has 0 unspecified atom stereocenters. The molecule has 1 aliphatic carbocycles. The number of aromatic nitrogens is 3. The lowest BCUT2D eigenvalue weighted by Crippen LogP contribution is -2.36. The Morgan fingerprint density at radius 2 is 1.70 bits per heavy atom. The van der Waals surface area contributed by atoms with Crippen molar-refractivity contribution in [1.82, 2.24) is 19.4 Å². The van der Waals surface area contributed by atoms with Gasteiger partial charge in [-0.25, -0.2) is 18.0 Å². The fourth-order valence-corrected chi connectivity index (χ4v) is 6.05. The number of hydrogen-bond acceptors (Lipinski definition) is 4. The Balaban J connectivity index is 1.39. The van der Waals surface area contributed by atoms with Crippen molar-refractivity contribution < 1.29 is 22.8 Å². The SMILES string of the molecule is NC(=O)c1cc(-c2cccnc2[C@H](Cc2cc(F)cc(F)c2)NC(=O)Cn2c(=O)n(C3=CCCCC3)c3ccccc32)ccc1F. The quantitative estimate of drug-likeness (QED) is 0.213. The van der Waals surface area contributed by atoms with E-state index in [4.69, 9.17) is 5.73 Å². The summed E-state index contributed by atoms with van der Waals surface area (Å²) in [5, 5.41) is 2.91. The van der Waals surface area contributed by atoms with Crippen LogP contribution in [-0.4, -0.2) is 25.9 Å². The van der Waals surface area contributed by atoms with Crippen molar-refractivity contribution in [1.29, 1.82) is 0 Å². The normalized spacial score (nSPS) is 13.8. The number of allylic oxidation sites excluding steroid dienone is 2. The van der Waals surface area contributed by atoms with Crippen molar-refractivity contribution in [2.24, 2.45) is 5.73 Å². The molecule has 11 heteroatoms. The van der Waals surface area contributed by atoms with Crippen molar-refractivity contribution in [2.75, 3.05) is 0 Å². The Kier molecular flexibility index (Phi) is 8.56. The van der Waals surface area contributed by atoms with E-state index in [1.807, 2.05) is 12.1 Å². The third kappa shape index (κ3) is 6.21. The van der Waals surface area contributed by atoms with E-state index in [9.17, 15) is 27.6 Å². The molecule has 46 heavy (non-hydrogen) atoms. The lowest BCUT2D eigenvalue weighted by atomic mass is 9.94. The minimum Gasteiger partial charge on any atom is -0.366 e. The van der Waals surface area contributed by atoms with Gasteiger partial charge in [0.1, 0.15) is 24.0 Å². The first-order valence-corrected chi connectivity index (χ1v) is 14.9. The second kappa shape index (κ2) is 12.9.